The van der Waals surface area contributed by atoms with Crippen LogP contribution in [0.15, 0.2) is 30.5 Å². The lowest BCUT2D eigenvalue weighted by Crippen LogP contribution is -2.10. The van der Waals surface area contributed by atoms with Gasteiger partial charge < -0.3 is 10.5 Å². The molecule has 19 heavy (non-hydrogen) atoms. The Kier molecular flexibility index (Phi) is 4.65. The smallest absolute Gasteiger partial charge is 0.0998 e. The molecule has 0 saturated heterocycles. The third kappa shape index (κ3) is 3.39. The second kappa shape index (κ2) is 6.45. The molecule has 102 valence electrons. The largest absolute Gasteiger partial charge is 0.380 e. The first kappa shape index (κ1) is 13.7. The molecule has 0 spiro atoms. The van der Waals surface area contributed by atoms with Gasteiger partial charge in [-0.15, -0.1) is 5.10 Å². The third-order valence-electron chi connectivity index (χ3n) is 2.98. The zero-order valence-corrected chi connectivity index (χ0v) is 11.4. The van der Waals surface area contributed by atoms with Gasteiger partial charge >= 0.3 is 0 Å². The van der Waals surface area contributed by atoms with E-state index < -0.39 is 0 Å². The number of methoxy groups -OCH3 is 1. The van der Waals surface area contributed by atoms with E-state index in [0.29, 0.717) is 6.61 Å². The Morgan fingerprint density at radius 3 is 3.00 bits per heavy atom. The maximum absolute atomic E-state index is 6.04. The number of hydrogen-bond donors (Lipinski definition) is 1. The lowest BCUT2D eigenvalue weighted by molar-refractivity contribution is 0.185. The summed E-state index contributed by atoms with van der Waals surface area (Å²) in [4.78, 5) is 0. The van der Waals surface area contributed by atoms with Gasteiger partial charge in [0.05, 0.1) is 30.2 Å². The summed E-state index contributed by atoms with van der Waals surface area (Å²) < 4.78 is 6.88. The Bertz CT molecular complexity index is 524. The highest BCUT2D eigenvalue weighted by Gasteiger charge is 2.10. The van der Waals surface area contributed by atoms with Gasteiger partial charge in [0.25, 0.3) is 0 Å². The van der Waals surface area contributed by atoms with Crippen molar-refractivity contribution < 1.29 is 4.74 Å². The van der Waals surface area contributed by atoms with Crippen LogP contribution in [-0.4, -0.2) is 22.1 Å². The van der Waals surface area contributed by atoms with Crippen LogP contribution in [0.3, 0.4) is 0 Å². The van der Waals surface area contributed by atoms with E-state index in [1.807, 2.05) is 30.5 Å². The zero-order valence-electron chi connectivity index (χ0n) is 11.4. The number of benzene rings is 1. The van der Waals surface area contributed by atoms with Crippen LogP contribution in [0, 0.1) is 0 Å². The van der Waals surface area contributed by atoms with Gasteiger partial charge in [-0.1, -0.05) is 30.7 Å². The van der Waals surface area contributed by atoms with Crippen molar-refractivity contribution in [3.05, 3.63) is 41.7 Å². The highest BCUT2D eigenvalue weighted by atomic mass is 16.5. The van der Waals surface area contributed by atoms with Crippen molar-refractivity contribution in [2.45, 2.75) is 32.4 Å². The molecular weight excluding hydrogens is 240 g/mol. The number of nitrogens with zero attached hydrogens (tertiary/aromatic N) is 3. The molecule has 1 unspecified atom stereocenters. The SMILES string of the molecule is CCCC(N)c1cn(-c2cccc(COC)c2)nn1. The molecule has 0 saturated carbocycles. The summed E-state index contributed by atoms with van der Waals surface area (Å²) in [6.45, 7) is 2.70. The monoisotopic (exact) mass is 260 g/mol. The number of aromatic nitrogens is 3. The second-order valence-electron chi connectivity index (χ2n) is 4.59. The highest BCUT2D eigenvalue weighted by Crippen LogP contribution is 2.15. The molecule has 0 aliphatic heterocycles. The molecule has 5 nitrogen and oxygen atoms in total. The molecule has 1 atom stereocenters. The van der Waals surface area contributed by atoms with Gasteiger partial charge in [0.2, 0.25) is 0 Å². The summed E-state index contributed by atoms with van der Waals surface area (Å²) in [5.74, 6) is 0. The molecule has 0 fully saturated rings. The fourth-order valence-electron chi connectivity index (χ4n) is 1.99. The van der Waals surface area contributed by atoms with Gasteiger partial charge in [-0.3, -0.25) is 0 Å². The molecule has 0 aliphatic rings. The fraction of sp³-hybridized carbons (Fsp3) is 0.429. The molecule has 0 aliphatic carbocycles. The van der Waals surface area contributed by atoms with Crippen molar-refractivity contribution in [1.29, 1.82) is 0 Å². The van der Waals surface area contributed by atoms with Crippen LogP contribution in [0.25, 0.3) is 5.69 Å². The quantitative estimate of drug-likeness (QED) is 0.864. The van der Waals surface area contributed by atoms with Gasteiger partial charge in [0.15, 0.2) is 0 Å². The van der Waals surface area contributed by atoms with Crippen LogP contribution in [0.2, 0.25) is 0 Å². The summed E-state index contributed by atoms with van der Waals surface area (Å²) in [5, 5.41) is 8.28. The lowest BCUT2D eigenvalue weighted by atomic mass is 10.1. The van der Waals surface area contributed by atoms with E-state index in [-0.39, 0.29) is 6.04 Å². The van der Waals surface area contributed by atoms with Crippen molar-refractivity contribution in [2.24, 2.45) is 5.73 Å². The summed E-state index contributed by atoms with van der Waals surface area (Å²) in [5.41, 5.74) is 8.95. The number of hydrogen-bond acceptors (Lipinski definition) is 4. The van der Waals surface area contributed by atoms with E-state index in [1.54, 1.807) is 11.8 Å². The molecule has 0 bridgehead atoms. The Hall–Kier alpha value is -1.72. The van der Waals surface area contributed by atoms with Gasteiger partial charge in [0, 0.05) is 7.11 Å². The van der Waals surface area contributed by atoms with Crippen molar-refractivity contribution in [3.8, 4) is 5.69 Å². The highest BCUT2D eigenvalue weighted by molar-refractivity contribution is 5.35. The van der Waals surface area contributed by atoms with Gasteiger partial charge in [-0.2, -0.15) is 0 Å². The summed E-state index contributed by atoms with van der Waals surface area (Å²) in [6.07, 6.45) is 3.85. The predicted octanol–water partition coefficient (Wildman–Crippen LogP) is 2.21. The van der Waals surface area contributed by atoms with Crippen LogP contribution in [-0.2, 0) is 11.3 Å². The van der Waals surface area contributed by atoms with Crippen molar-refractivity contribution >= 4 is 0 Å². The van der Waals surface area contributed by atoms with Crippen molar-refractivity contribution in [3.63, 3.8) is 0 Å². The molecule has 2 aromatic rings. The average molecular weight is 260 g/mol. The van der Waals surface area contributed by atoms with Crippen LogP contribution in [0.1, 0.15) is 37.1 Å². The minimum Gasteiger partial charge on any atom is -0.380 e. The van der Waals surface area contributed by atoms with Crippen LogP contribution in [0.4, 0.5) is 0 Å². The van der Waals surface area contributed by atoms with E-state index in [0.717, 1.165) is 29.8 Å². The van der Waals surface area contributed by atoms with Crippen LogP contribution >= 0.6 is 0 Å². The second-order valence-corrected chi connectivity index (χ2v) is 4.59. The van der Waals surface area contributed by atoms with E-state index in [2.05, 4.69) is 17.2 Å². The molecule has 5 heteroatoms. The average Bonchev–Trinajstić information content (AvgIpc) is 2.89. The molecule has 1 heterocycles. The maximum atomic E-state index is 6.04. The van der Waals surface area contributed by atoms with Crippen molar-refractivity contribution in [2.75, 3.05) is 7.11 Å². The van der Waals surface area contributed by atoms with E-state index in [1.165, 1.54) is 0 Å². The minimum absolute atomic E-state index is 0.0408. The van der Waals surface area contributed by atoms with Crippen LogP contribution < -0.4 is 5.73 Å². The molecule has 0 radical (unpaired) electrons. The maximum Gasteiger partial charge on any atom is 0.0998 e. The number of ether oxygens (including phenoxy) is 1. The first-order valence-electron chi connectivity index (χ1n) is 6.50. The van der Waals surface area contributed by atoms with Gasteiger partial charge in [0.1, 0.15) is 0 Å². The topological polar surface area (TPSA) is 66.0 Å². The molecule has 2 rings (SSSR count). The normalized spacial score (nSPS) is 12.6. The molecule has 1 aromatic carbocycles. The Morgan fingerprint density at radius 1 is 1.42 bits per heavy atom. The Labute approximate surface area is 113 Å². The third-order valence-corrected chi connectivity index (χ3v) is 2.98. The summed E-state index contributed by atoms with van der Waals surface area (Å²) in [7, 11) is 1.68. The standard InChI is InChI=1S/C14H20N4O/c1-3-5-13(15)14-9-18(17-16-14)12-7-4-6-11(8-12)10-19-2/h4,6-9,13H,3,5,10,15H2,1-2H3. The Morgan fingerprint density at radius 2 is 2.26 bits per heavy atom. The number of nitrogens with two attached hydrogens (primary N) is 1. The zero-order chi connectivity index (χ0) is 13.7. The molecule has 1 aromatic heterocycles. The molecular formula is C14H20N4O. The van der Waals surface area contributed by atoms with E-state index >= 15 is 0 Å². The predicted molar refractivity (Wildman–Crippen MR) is 73.9 cm³/mol. The van der Waals surface area contributed by atoms with Gasteiger partial charge in [-0.25, -0.2) is 4.68 Å². The first-order chi connectivity index (χ1) is 9.24. The lowest BCUT2D eigenvalue weighted by Gasteiger charge is -2.05. The molecule has 0 amide bonds. The van der Waals surface area contributed by atoms with Crippen LogP contribution in [0.5, 0.6) is 0 Å². The summed E-state index contributed by atoms with van der Waals surface area (Å²) >= 11 is 0. The summed E-state index contributed by atoms with van der Waals surface area (Å²) in [6, 6.07) is 7.99. The fourth-order valence-corrected chi connectivity index (χ4v) is 1.99. The molecule has 2 N–H and O–H groups in total. The van der Waals surface area contributed by atoms with Gasteiger partial charge in [-0.05, 0) is 24.1 Å². The Balaban J connectivity index is 2.20. The first-order valence-corrected chi connectivity index (χ1v) is 6.50. The van der Waals surface area contributed by atoms with E-state index in [9.17, 15) is 0 Å². The minimum atomic E-state index is -0.0408. The van der Waals surface area contributed by atoms with E-state index in [4.69, 9.17) is 10.5 Å². The van der Waals surface area contributed by atoms with Crippen molar-refractivity contribution in [1.82, 2.24) is 15.0 Å². The number of rotatable bonds is 6.